The second kappa shape index (κ2) is 8.14. The maximum atomic E-state index is 14.1. The number of halogens is 1. The van der Waals surface area contributed by atoms with E-state index < -0.39 is 23.0 Å². The SMILES string of the molecule is C[C@@H]1CCc2cc(F)cc3c(O)c(C(=O)NCCC[NH+]4CCCCC4)c(=O)n1c23. The minimum atomic E-state index is -0.588. The number of aromatic nitrogens is 1. The van der Waals surface area contributed by atoms with Gasteiger partial charge < -0.3 is 19.9 Å². The summed E-state index contributed by atoms with van der Waals surface area (Å²) in [5.41, 5.74) is 0.446. The van der Waals surface area contributed by atoms with Gasteiger partial charge in [0.15, 0.2) is 0 Å². The zero-order valence-corrected chi connectivity index (χ0v) is 16.9. The molecular formula is C22H29FN3O3+. The van der Waals surface area contributed by atoms with Crippen LogP contribution < -0.4 is 15.8 Å². The highest BCUT2D eigenvalue weighted by Gasteiger charge is 2.28. The summed E-state index contributed by atoms with van der Waals surface area (Å²) < 4.78 is 15.6. The van der Waals surface area contributed by atoms with Gasteiger partial charge in [-0.05, 0) is 56.7 Å². The Morgan fingerprint density at radius 1 is 1.31 bits per heavy atom. The second-order valence-electron chi connectivity index (χ2n) is 8.42. The number of nitrogens with zero attached hydrogens (tertiary/aromatic N) is 1. The molecule has 3 N–H and O–H groups in total. The highest BCUT2D eigenvalue weighted by atomic mass is 19.1. The number of hydrogen-bond donors (Lipinski definition) is 3. The standard InChI is InChI=1S/C22H28FN3O3/c1-14-6-7-15-12-16(23)13-17-19(15)26(14)22(29)18(20(17)27)21(28)24-8-5-11-25-9-3-2-4-10-25/h12-14,27H,2-11H2,1H3,(H,24,28)/p+1/t14-/m1/s1. The van der Waals surface area contributed by atoms with E-state index in [-0.39, 0.29) is 17.0 Å². The molecule has 2 aromatic rings. The van der Waals surface area contributed by atoms with Crippen LogP contribution in [-0.4, -0.2) is 41.8 Å². The van der Waals surface area contributed by atoms with E-state index in [0.717, 1.165) is 13.0 Å². The van der Waals surface area contributed by atoms with Crippen molar-refractivity contribution in [3.05, 3.63) is 39.4 Å². The molecule has 2 aliphatic rings. The van der Waals surface area contributed by atoms with Gasteiger partial charge in [0, 0.05) is 24.4 Å². The van der Waals surface area contributed by atoms with Crippen molar-refractivity contribution < 1.29 is 19.2 Å². The number of pyridine rings is 1. The second-order valence-corrected chi connectivity index (χ2v) is 8.42. The Balaban J connectivity index is 1.58. The fourth-order valence-corrected chi connectivity index (χ4v) is 4.82. The third-order valence-electron chi connectivity index (χ3n) is 6.37. The van der Waals surface area contributed by atoms with E-state index in [1.807, 2.05) is 6.92 Å². The van der Waals surface area contributed by atoms with Gasteiger partial charge in [0.1, 0.15) is 17.1 Å². The number of carbonyl (C=O) groups is 1. The van der Waals surface area contributed by atoms with Crippen molar-refractivity contribution in [1.82, 2.24) is 9.88 Å². The number of rotatable bonds is 5. The highest BCUT2D eigenvalue weighted by molar-refractivity contribution is 6.03. The highest BCUT2D eigenvalue weighted by Crippen LogP contribution is 2.35. The van der Waals surface area contributed by atoms with Crippen LogP contribution in [-0.2, 0) is 6.42 Å². The lowest BCUT2D eigenvalue weighted by atomic mass is 9.95. The molecule has 7 heteroatoms. The number of aromatic hydroxyl groups is 1. The molecule has 1 atom stereocenters. The van der Waals surface area contributed by atoms with Gasteiger partial charge in [0.05, 0.1) is 25.2 Å². The molecule has 4 rings (SSSR count). The monoisotopic (exact) mass is 402 g/mol. The number of carbonyl (C=O) groups excluding carboxylic acids is 1. The molecule has 156 valence electrons. The first-order valence-electron chi connectivity index (χ1n) is 10.7. The number of nitrogens with one attached hydrogen (secondary N) is 2. The first-order valence-corrected chi connectivity index (χ1v) is 10.7. The number of hydrogen-bond acceptors (Lipinski definition) is 3. The lowest BCUT2D eigenvalue weighted by Crippen LogP contribution is -3.12. The fourth-order valence-electron chi connectivity index (χ4n) is 4.82. The van der Waals surface area contributed by atoms with E-state index in [0.29, 0.717) is 30.5 Å². The van der Waals surface area contributed by atoms with E-state index >= 15 is 0 Å². The minimum Gasteiger partial charge on any atom is -0.506 e. The van der Waals surface area contributed by atoms with Crippen LogP contribution in [0.3, 0.4) is 0 Å². The maximum Gasteiger partial charge on any atom is 0.267 e. The topological polar surface area (TPSA) is 75.8 Å². The predicted molar refractivity (Wildman–Crippen MR) is 109 cm³/mol. The summed E-state index contributed by atoms with van der Waals surface area (Å²) in [7, 11) is 0. The van der Waals surface area contributed by atoms with E-state index in [2.05, 4.69) is 5.32 Å². The van der Waals surface area contributed by atoms with Crippen molar-refractivity contribution in [2.45, 2.75) is 51.5 Å². The van der Waals surface area contributed by atoms with E-state index in [4.69, 9.17) is 0 Å². The quantitative estimate of drug-likeness (QED) is 0.664. The number of quaternary nitrogens is 1. The van der Waals surface area contributed by atoms with Gasteiger partial charge in [-0.15, -0.1) is 0 Å². The van der Waals surface area contributed by atoms with Crippen LogP contribution in [0.4, 0.5) is 4.39 Å². The predicted octanol–water partition coefficient (Wildman–Crippen LogP) is 1.54. The van der Waals surface area contributed by atoms with E-state index in [1.54, 1.807) is 9.47 Å². The van der Waals surface area contributed by atoms with Crippen LogP contribution in [0.2, 0.25) is 0 Å². The van der Waals surface area contributed by atoms with E-state index in [9.17, 15) is 19.1 Å². The summed E-state index contributed by atoms with van der Waals surface area (Å²) in [6, 6.07) is 2.50. The Kier molecular flexibility index (Phi) is 5.58. The smallest absolute Gasteiger partial charge is 0.267 e. The molecule has 0 bridgehead atoms. The maximum absolute atomic E-state index is 14.1. The summed E-state index contributed by atoms with van der Waals surface area (Å²) in [5, 5.41) is 13.7. The molecule has 2 aliphatic heterocycles. The number of piperidine rings is 1. The van der Waals surface area contributed by atoms with Gasteiger partial charge in [-0.1, -0.05) is 0 Å². The minimum absolute atomic E-state index is 0.113. The van der Waals surface area contributed by atoms with Gasteiger partial charge in [-0.2, -0.15) is 0 Å². The Morgan fingerprint density at radius 3 is 2.83 bits per heavy atom. The molecule has 6 nitrogen and oxygen atoms in total. The average molecular weight is 402 g/mol. The summed E-state index contributed by atoms with van der Waals surface area (Å²) in [5.74, 6) is -1.48. The first-order chi connectivity index (χ1) is 14.0. The lowest BCUT2D eigenvalue weighted by molar-refractivity contribution is -0.904. The molecule has 0 spiro atoms. The number of likely N-dealkylation sites (tertiary alicyclic amines) is 1. The molecule has 0 aliphatic carbocycles. The molecule has 0 saturated carbocycles. The van der Waals surface area contributed by atoms with Crippen LogP contribution in [0.25, 0.3) is 10.9 Å². The third kappa shape index (κ3) is 3.75. The molecule has 29 heavy (non-hydrogen) atoms. The molecule has 1 amide bonds. The molecule has 1 fully saturated rings. The first kappa shape index (κ1) is 19.9. The van der Waals surface area contributed by atoms with Crippen molar-refractivity contribution in [3.8, 4) is 5.75 Å². The van der Waals surface area contributed by atoms with Crippen LogP contribution in [0.1, 0.15) is 61.0 Å². The molecule has 0 unspecified atom stereocenters. The van der Waals surface area contributed by atoms with Gasteiger partial charge in [0.2, 0.25) is 0 Å². The zero-order valence-electron chi connectivity index (χ0n) is 16.9. The van der Waals surface area contributed by atoms with Gasteiger partial charge in [-0.25, -0.2) is 4.39 Å². The normalized spacial score (nSPS) is 19.4. The van der Waals surface area contributed by atoms with Gasteiger partial charge in [0.25, 0.3) is 11.5 Å². The Bertz CT molecular complexity index is 995. The van der Waals surface area contributed by atoms with Crippen molar-refractivity contribution in [2.75, 3.05) is 26.2 Å². The van der Waals surface area contributed by atoms with Crippen LogP contribution in [0, 0.1) is 5.82 Å². The molecule has 1 aromatic heterocycles. The van der Waals surface area contributed by atoms with Gasteiger partial charge in [-0.3, -0.25) is 9.59 Å². The van der Waals surface area contributed by atoms with Crippen LogP contribution in [0.15, 0.2) is 16.9 Å². The Morgan fingerprint density at radius 2 is 2.07 bits per heavy atom. The number of amides is 1. The van der Waals surface area contributed by atoms with Crippen molar-refractivity contribution in [2.24, 2.45) is 0 Å². The third-order valence-corrected chi connectivity index (χ3v) is 6.37. The summed E-state index contributed by atoms with van der Waals surface area (Å²) in [4.78, 5) is 27.4. The molecular weight excluding hydrogens is 373 g/mol. The van der Waals surface area contributed by atoms with Crippen molar-refractivity contribution in [1.29, 1.82) is 0 Å². The Labute approximate surface area is 169 Å². The fraction of sp³-hybridized carbons (Fsp3) is 0.545. The van der Waals surface area contributed by atoms with Crippen molar-refractivity contribution >= 4 is 16.8 Å². The van der Waals surface area contributed by atoms with Crippen LogP contribution >= 0.6 is 0 Å². The van der Waals surface area contributed by atoms with Gasteiger partial charge >= 0.3 is 0 Å². The van der Waals surface area contributed by atoms with Crippen LogP contribution in [0.5, 0.6) is 5.75 Å². The summed E-state index contributed by atoms with van der Waals surface area (Å²) >= 11 is 0. The molecule has 1 aromatic carbocycles. The molecule has 0 radical (unpaired) electrons. The summed E-state index contributed by atoms with van der Waals surface area (Å²) in [6.07, 6.45) is 5.95. The lowest BCUT2D eigenvalue weighted by Gasteiger charge is -2.26. The summed E-state index contributed by atoms with van der Waals surface area (Å²) in [6.45, 7) is 5.70. The van der Waals surface area contributed by atoms with Crippen molar-refractivity contribution in [3.63, 3.8) is 0 Å². The average Bonchev–Trinajstić information content (AvgIpc) is 2.71. The molecule has 1 saturated heterocycles. The van der Waals surface area contributed by atoms with E-state index in [1.165, 1.54) is 44.5 Å². The number of benzene rings is 1. The Hall–Kier alpha value is -2.41. The zero-order chi connectivity index (χ0) is 20.5. The number of aryl methyl sites for hydroxylation is 1. The largest absolute Gasteiger partial charge is 0.506 e. The molecule has 3 heterocycles.